The van der Waals surface area contributed by atoms with Gasteiger partial charge in [-0.3, -0.25) is 9.59 Å². The first kappa shape index (κ1) is 21.1. The summed E-state index contributed by atoms with van der Waals surface area (Å²) in [6, 6.07) is 15.1. The highest BCUT2D eigenvalue weighted by atomic mass is 16.5. The van der Waals surface area contributed by atoms with Crippen molar-refractivity contribution in [1.82, 2.24) is 20.7 Å². The lowest BCUT2D eigenvalue weighted by molar-refractivity contribution is -0.134. The van der Waals surface area contributed by atoms with Crippen molar-refractivity contribution in [3.63, 3.8) is 0 Å². The van der Waals surface area contributed by atoms with Crippen LogP contribution in [0, 0.1) is 0 Å². The van der Waals surface area contributed by atoms with Crippen molar-refractivity contribution in [3.8, 4) is 11.5 Å². The fourth-order valence-corrected chi connectivity index (χ4v) is 4.12. The van der Waals surface area contributed by atoms with Crippen LogP contribution in [-0.2, 0) is 4.79 Å². The second-order valence-corrected chi connectivity index (χ2v) is 7.73. The molecule has 0 aliphatic carbocycles. The normalized spacial score (nSPS) is 21.1. The van der Waals surface area contributed by atoms with Crippen molar-refractivity contribution >= 4 is 11.8 Å². The Kier molecular flexibility index (Phi) is 6.39. The highest BCUT2D eigenvalue weighted by Crippen LogP contribution is 2.28. The monoisotopic (exact) mass is 424 g/mol. The van der Waals surface area contributed by atoms with Gasteiger partial charge in [-0.25, -0.2) is 10.9 Å². The van der Waals surface area contributed by atoms with Gasteiger partial charge in [0.1, 0.15) is 6.04 Å². The Morgan fingerprint density at radius 1 is 0.871 bits per heavy atom. The van der Waals surface area contributed by atoms with Crippen LogP contribution in [0.25, 0.3) is 0 Å². The lowest BCUT2D eigenvalue weighted by atomic mass is 10.0. The van der Waals surface area contributed by atoms with Crippen LogP contribution in [0.2, 0.25) is 0 Å². The molecule has 2 aliphatic heterocycles. The van der Waals surface area contributed by atoms with Crippen molar-refractivity contribution in [2.24, 2.45) is 0 Å². The van der Waals surface area contributed by atoms with Crippen molar-refractivity contribution in [3.05, 3.63) is 59.7 Å². The number of nitrogens with one attached hydrogen (secondary N) is 2. The molecule has 0 saturated carbocycles. The van der Waals surface area contributed by atoms with Gasteiger partial charge >= 0.3 is 0 Å². The zero-order valence-corrected chi connectivity index (χ0v) is 17.8. The molecule has 0 radical (unpaired) electrons. The molecule has 2 N–H and O–H groups in total. The molecule has 0 aromatic heterocycles. The van der Waals surface area contributed by atoms with Crippen LogP contribution in [0.4, 0.5) is 0 Å². The molecular weight excluding hydrogens is 396 g/mol. The number of rotatable bonds is 5. The van der Waals surface area contributed by atoms with Gasteiger partial charge in [-0.05, 0) is 30.2 Å². The van der Waals surface area contributed by atoms with Crippen LogP contribution in [0.3, 0.4) is 0 Å². The number of carbonyl (C=O) groups excluding carboxylic acids is 2. The van der Waals surface area contributed by atoms with Crippen LogP contribution >= 0.6 is 0 Å². The summed E-state index contributed by atoms with van der Waals surface area (Å²) >= 11 is 0. The molecule has 2 saturated heterocycles. The van der Waals surface area contributed by atoms with E-state index in [0.717, 1.165) is 5.56 Å². The number of methoxy groups -OCH3 is 2. The molecule has 0 bridgehead atoms. The maximum absolute atomic E-state index is 13.0. The number of carbonyl (C=O) groups is 2. The summed E-state index contributed by atoms with van der Waals surface area (Å²) < 4.78 is 10.5. The van der Waals surface area contributed by atoms with Crippen LogP contribution in [0.1, 0.15) is 28.4 Å². The molecule has 4 rings (SSSR count). The summed E-state index contributed by atoms with van der Waals surface area (Å²) in [5.74, 6) is 1.11. The third kappa shape index (κ3) is 4.50. The average molecular weight is 425 g/mol. The van der Waals surface area contributed by atoms with Crippen LogP contribution in [0.5, 0.6) is 11.5 Å². The number of hydrogen-bond donors (Lipinski definition) is 2. The summed E-state index contributed by atoms with van der Waals surface area (Å²) in [6.07, 6.45) is 0.702. The number of hydrazine groups is 1. The smallest absolute Gasteiger partial charge is 0.254 e. The molecular formula is C23H28N4O4. The van der Waals surface area contributed by atoms with Gasteiger partial charge in [-0.1, -0.05) is 30.3 Å². The molecule has 8 heteroatoms. The van der Waals surface area contributed by atoms with Crippen LogP contribution in [0.15, 0.2) is 48.5 Å². The third-order valence-electron chi connectivity index (χ3n) is 5.91. The van der Waals surface area contributed by atoms with E-state index in [1.54, 1.807) is 37.3 Å². The van der Waals surface area contributed by atoms with Crippen molar-refractivity contribution in [2.75, 3.05) is 40.4 Å². The van der Waals surface area contributed by atoms with Crippen molar-refractivity contribution in [2.45, 2.75) is 18.5 Å². The van der Waals surface area contributed by atoms with Gasteiger partial charge in [0.2, 0.25) is 5.91 Å². The first-order valence-electron chi connectivity index (χ1n) is 10.5. The van der Waals surface area contributed by atoms with Gasteiger partial charge in [-0.15, -0.1) is 0 Å². The fourth-order valence-electron chi connectivity index (χ4n) is 4.12. The predicted octanol–water partition coefficient (Wildman–Crippen LogP) is 1.60. The van der Waals surface area contributed by atoms with Crippen molar-refractivity contribution in [1.29, 1.82) is 0 Å². The highest BCUT2D eigenvalue weighted by Gasteiger charge is 2.34. The lowest BCUT2D eigenvalue weighted by Crippen LogP contribution is -2.54. The summed E-state index contributed by atoms with van der Waals surface area (Å²) in [6.45, 7) is 2.04. The lowest BCUT2D eigenvalue weighted by Gasteiger charge is -2.36. The minimum atomic E-state index is -0.265. The molecule has 2 amide bonds. The van der Waals surface area contributed by atoms with Gasteiger partial charge in [0.15, 0.2) is 11.5 Å². The molecule has 2 heterocycles. The molecule has 2 aromatic carbocycles. The van der Waals surface area contributed by atoms with E-state index in [9.17, 15) is 9.59 Å². The van der Waals surface area contributed by atoms with E-state index >= 15 is 0 Å². The maximum atomic E-state index is 13.0. The summed E-state index contributed by atoms with van der Waals surface area (Å²) in [4.78, 5) is 29.5. The highest BCUT2D eigenvalue weighted by molar-refractivity contribution is 5.95. The first-order chi connectivity index (χ1) is 15.1. The van der Waals surface area contributed by atoms with Gasteiger partial charge < -0.3 is 19.3 Å². The Balaban J connectivity index is 1.32. The minimum Gasteiger partial charge on any atom is -0.493 e. The van der Waals surface area contributed by atoms with E-state index in [0.29, 0.717) is 49.7 Å². The standard InChI is InChI=1S/C23H28N4O4/c1-30-20-9-8-17(14-21(20)31-2)22(28)26-10-12-27(13-11-26)23(29)19-15-18(24-25-19)16-6-4-3-5-7-16/h3-9,14,18-19,24-25H,10-13,15H2,1-2H3. The second kappa shape index (κ2) is 9.36. The zero-order valence-electron chi connectivity index (χ0n) is 17.8. The molecule has 0 spiro atoms. The molecule has 2 fully saturated rings. The van der Waals surface area contributed by atoms with Gasteiger partial charge in [-0.2, -0.15) is 0 Å². The Hall–Kier alpha value is -3.10. The SMILES string of the molecule is COc1ccc(C(=O)N2CCN(C(=O)C3CC(c4ccccc4)NN3)CC2)cc1OC. The number of amides is 2. The Morgan fingerprint density at radius 3 is 2.23 bits per heavy atom. The van der Waals surface area contributed by atoms with Gasteiger partial charge in [0.05, 0.1) is 14.2 Å². The zero-order chi connectivity index (χ0) is 21.8. The van der Waals surface area contributed by atoms with Gasteiger partial charge in [0.25, 0.3) is 5.91 Å². The number of nitrogens with zero attached hydrogens (tertiary/aromatic N) is 2. The molecule has 8 nitrogen and oxygen atoms in total. The van der Waals surface area contributed by atoms with E-state index in [-0.39, 0.29) is 23.9 Å². The van der Waals surface area contributed by atoms with E-state index in [4.69, 9.17) is 9.47 Å². The maximum Gasteiger partial charge on any atom is 0.254 e. The topological polar surface area (TPSA) is 83.1 Å². The molecule has 2 atom stereocenters. The molecule has 2 aliphatic rings. The quantitative estimate of drug-likeness (QED) is 0.759. The van der Waals surface area contributed by atoms with E-state index in [1.807, 2.05) is 23.1 Å². The Labute approximate surface area is 182 Å². The van der Waals surface area contributed by atoms with Crippen molar-refractivity contribution < 1.29 is 19.1 Å². The summed E-state index contributed by atoms with van der Waals surface area (Å²) in [5.41, 5.74) is 8.07. The van der Waals surface area contributed by atoms with E-state index < -0.39 is 0 Å². The van der Waals surface area contributed by atoms with E-state index in [2.05, 4.69) is 23.0 Å². The second-order valence-electron chi connectivity index (χ2n) is 7.73. The number of piperazine rings is 1. The largest absolute Gasteiger partial charge is 0.493 e. The summed E-state index contributed by atoms with van der Waals surface area (Å²) in [7, 11) is 3.11. The fraction of sp³-hybridized carbons (Fsp3) is 0.391. The number of benzene rings is 2. The Morgan fingerprint density at radius 2 is 1.55 bits per heavy atom. The number of hydrogen-bond acceptors (Lipinski definition) is 6. The molecule has 2 aromatic rings. The molecule has 164 valence electrons. The molecule has 31 heavy (non-hydrogen) atoms. The average Bonchev–Trinajstić information content (AvgIpc) is 3.33. The first-order valence-corrected chi connectivity index (χ1v) is 10.5. The molecule has 2 unspecified atom stereocenters. The van der Waals surface area contributed by atoms with Gasteiger partial charge in [0, 0.05) is 37.8 Å². The Bertz CT molecular complexity index is 928. The van der Waals surface area contributed by atoms with E-state index in [1.165, 1.54) is 0 Å². The number of ether oxygens (including phenoxy) is 2. The van der Waals surface area contributed by atoms with Crippen LogP contribution in [-0.4, -0.2) is 68.1 Å². The van der Waals surface area contributed by atoms with Crippen LogP contribution < -0.4 is 20.3 Å². The predicted molar refractivity (Wildman–Crippen MR) is 116 cm³/mol. The minimum absolute atomic E-state index is 0.0714. The summed E-state index contributed by atoms with van der Waals surface area (Å²) in [5, 5.41) is 0. The third-order valence-corrected chi connectivity index (χ3v) is 5.91.